The van der Waals surface area contributed by atoms with Crippen LogP contribution in [0.1, 0.15) is 30.9 Å². The average molecular weight is 492 g/mol. The second-order valence-electron chi connectivity index (χ2n) is 8.54. The molecule has 1 heterocycles. The van der Waals surface area contributed by atoms with Gasteiger partial charge >= 0.3 is 0 Å². The molecule has 1 aliphatic rings. The predicted molar refractivity (Wildman–Crippen MR) is 138 cm³/mol. The van der Waals surface area contributed by atoms with E-state index in [1.807, 2.05) is 32.0 Å². The van der Waals surface area contributed by atoms with Crippen LogP contribution in [0.2, 0.25) is 0 Å². The van der Waals surface area contributed by atoms with Gasteiger partial charge in [-0.15, -0.1) is 0 Å². The number of benzene rings is 3. The van der Waals surface area contributed by atoms with Crippen LogP contribution in [0.5, 0.6) is 0 Å². The van der Waals surface area contributed by atoms with Gasteiger partial charge in [0, 0.05) is 24.3 Å². The van der Waals surface area contributed by atoms with Gasteiger partial charge in [-0.05, 0) is 67.3 Å². The highest BCUT2D eigenvalue weighted by molar-refractivity contribution is 7.92. The van der Waals surface area contributed by atoms with Crippen molar-refractivity contribution in [3.8, 4) is 0 Å². The van der Waals surface area contributed by atoms with Crippen LogP contribution in [0, 0.1) is 6.92 Å². The summed E-state index contributed by atoms with van der Waals surface area (Å²) in [4.78, 5) is 27.1. The summed E-state index contributed by atoms with van der Waals surface area (Å²) >= 11 is 0. The number of aryl methyl sites for hydroxylation is 2. The summed E-state index contributed by atoms with van der Waals surface area (Å²) in [7, 11) is -3.98. The number of amides is 2. The van der Waals surface area contributed by atoms with Gasteiger partial charge in [-0.1, -0.05) is 43.3 Å². The Labute approximate surface area is 206 Å². The maximum absolute atomic E-state index is 13.5. The van der Waals surface area contributed by atoms with E-state index in [0.717, 1.165) is 34.0 Å². The zero-order valence-corrected chi connectivity index (χ0v) is 20.7. The van der Waals surface area contributed by atoms with Crippen molar-refractivity contribution in [2.24, 2.45) is 0 Å². The summed E-state index contributed by atoms with van der Waals surface area (Å²) in [5.74, 6) is -0.418. The fraction of sp³-hybridized carbons (Fsp3) is 0.259. The van der Waals surface area contributed by atoms with E-state index in [-0.39, 0.29) is 10.8 Å². The Morgan fingerprint density at radius 3 is 2.37 bits per heavy atom. The van der Waals surface area contributed by atoms with E-state index in [4.69, 9.17) is 0 Å². The summed E-state index contributed by atoms with van der Waals surface area (Å²) in [6.45, 7) is 4.19. The Kier molecular flexibility index (Phi) is 7.21. The zero-order chi connectivity index (χ0) is 25.0. The fourth-order valence-electron chi connectivity index (χ4n) is 4.14. The van der Waals surface area contributed by atoms with Crippen LogP contribution in [-0.4, -0.2) is 33.3 Å². The van der Waals surface area contributed by atoms with Crippen molar-refractivity contribution in [2.45, 2.75) is 38.0 Å². The van der Waals surface area contributed by atoms with Crippen LogP contribution < -0.4 is 14.5 Å². The van der Waals surface area contributed by atoms with Crippen molar-refractivity contribution in [3.63, 3.8) is 0 Å². The minimum atomic E-state index is -3.98. The maximum atomic E-state index is 13.5. The van der Waals surface area contributed by atoms with Gasteiger partial charge in [-0.25, -0.2) is 8.42 Å². The monoisotopic (exact) mass is 491 g/mol. The number of nitrogens with zero attached hydrogens (tertiary/aromatic N) is 2. The highest BCUT2D eigenvalue weighted by Crippen LogP contribution is 2.29. The average Bonchev–Trinajstić information content (AvgIpc) is 3.30. The molecular weight excluding hydrogens is 462 g/mol. The van der Waals surface area contributed by atoms with E-state index in [1.54, 1.807) is 47.4 Å². The molecule has 182 valence electrons. The van der Waals surface area contributed by atoms with Crippen molar-refractivity contribution < 1.29 is 18.0 Å². The molecule has 3 aromatic rings. The topological polar surface area (TPSA) is 86.8 Å². The second kappa shape index (κ2) is 10.3. The Hall–Kier alpha value is -3.65. The number of hydrogen-bond donors (Lipinski definition) is 1. The van der Waals surface area contributed by atoms with Crippen LogP contribution in [0.4, 0.5) is 17.1 Å². The van der Waals surface area contributed by atoms with Gasteiger partial charge < -0.3 is 10.2 Å². The third-order valence-electron chi connectivity index (χ3n) is 6.11. The van der Waals surface area contributed by atoms with Crippen LogP contribution in [0.15, 0.2) is 77.7 Å². The van der Waals surface area contributed by atoms with Crippen LogP contribution >= 0.6 is 0 Å². The van der Waals surface area contributed by atoms with Gasteiger partial charge in [0.05, 0.1) is 10.6 Å². The number of carbonyl (C=O) groups is 2. The van der Waals surface area contributed by atoms with E-state index in [1.165, 1.54) is 12.1 Å². The molecule has 4 rings (SSSR count). The van der Waals surface area contributed by atoms with Crippen molar-refractivity contribution in [2.75, 3.05) is 27.6 Å². The number of sulfonamides is 1. The minimum Gasteiger partial charge on any atom is -0.324 e. The molecule has 0 aliphatic carbocycles. The van der Waals surface area contributed by atoms with E-state index < -0.39 is 22.5 Å². The van der Waals surface area contributed by atoms with Gasteiger partial charge in [-0.3, -0.25) is 13.9 Å². The Morgan fingerprint density at radius 2 is 1.74 bits per heavy atom. The summed E-state index contributed by atoms with van der Waals surface area (Å²) in [5.41, 5.74) is 3.68. The molecule has 0 bridgehead atoms. The third kappa shape index (κ3) is 5.38. The first kappa shape index (κ1) is 24.5. The number of rotatable bonds is 8. The first-order valence-electron chi connectivity index (χ1n) is 11.7. The third-order valence-corrected chi connectivity index (χ3v) is 7.90. The van der Waals surface area contributed by atoms with Crippen molar-refractivity contribution in [1.82, 2.24) is 0 Å². The Morgan fingerprint density at radius 1 is 1.03 bits per heavy atom. The molecule has 3 aromatic carbocycles. The highest BCUT2D eigenvalue weighted by atomic mass is 32.2. The molecule has 1 aliphatic heterocycles. The standard InChI is InChI=1S/C27H29N3O4S/c1-3-21-12-15-23(16-13-21)30(35(33,34)24-8-5-4-6-9-24)19-26(31)28-22-14-11-20(2)25(18-22)29-17-7-10-27(29)32/h4-6,8-9,11-16,18H,3,7,10,17,19H2,1-2H3,(H,28,31). The first-order valence-corrected chi connectivity index (χ1v) is 13.1. The molecule has 0 saturated carbocycles. The Balaban J connectivity index is 1.61. The van der Waals surface area contributed by atoms with E-state index >= 15 is 0 Å². The highest BCUT2D eigenvalue weighted by Gasteiger charge is 2.28. The first-order chi connectivity index (χ1) is 16.8. The lowest BCUT2D eigenvalue weighted by Crippen LogP contribution is -2.38. The molecular formula is C27H29N3O4S. The lowest BCUT2D eigenvalue weighted by Gasteiger charge is -2.24. The SMILES string of the molecule is CCc1ccc(N(CC(=O)Nc2ccc(C)c(N3CCCC3=O)c2)S(=O)(=O)c2ccccc2)cc1. The van der Waals surface area contributed by atoms with Gasteiger partial charge in [0.25, 0.3) is 10.0 Å². The van der Waals surface area contributed by atoms with E-state index in [0.29, 0.717) is 24.3 Å². The van der Waals surface area contributed by atoms with Gasteiger partial charge in [0.2, 0.25) is 11.8 Å². The number of carbonyl (C=O) groups excluding carboxylic acids is 2. The molecule has 7 nitrogen and oxygen atoms in total. The molecule has 0 radical (unpaired) electrons. The normalized spacial score (nSPS) is 13.7. The number of nitrogens with one attached hydrogen (secondary N) is 1. The smallest absolute Gasteiger partial charge is 0.264 e. The lowest BCUT2D eigenvalue weighted by atomic mass is 10.1. The van der Waals surface area contributed by atoms with Gasteiger partial charge in [0.15, 0.2) is 0 Å². The van der Waals surface area contributed by atoms with Gasteiger partial charge in [0.1, 0.15) is 6.54 Å². The quantitative estimate of drug-likeness (QED) is 0.502. The fourth-order valence-corrected chi connectivity index (χ4v) is 5.59. The second-order valence-corrected chi connectivity index (χ2v) is 10.4. The van der Waals surface area contributed by atoms with Crippen LogP contribution in [0.25, 0.3) is 0 Å². The molecule has 0 atom stereocenters. The van der Waals surface area contributed by atoms with E-state index in [9.17, 15) is 18.0 Å². The summed E-state index contributed by atoms with van der Waals surface area (Å²) in [6.07, 6.45) is 2.14. The molecule has 0 spiro atoms. The Bertz CT molecular complexity index is 1320. The van der Waals surface area contributed by atoms with Crippen molar-refractivity contribution >= 4 is 38.9 Å². The van der Waals surface area contributed by atoms with Crippen molar-refractivity contribution in [3.05, 3.63) is 83.9 Å². The van der Waals surface area contributed by atoms with Crippen molar-refractivity contribution in [1.29, 1.82) is 0 Å². The van der Waals surface area contributed by atoms with Gasteiger partial charge in [-0.2, -0.15) is 0 Å². The zero-order valence-electron chi connectivity index (χ0n) is 19.9. The molecule has 2 amide bonds. The molecule has 35 heavy (non-hydrogen) atoms. The molecule has 0 unspecified atom stereocenters. The number of anilines is 3. The molecule has 0 aromatic heterocycles. The summed E-state index contributed by atoms with van der Waals surface area (Å²) in [6, 6.07) is 20.6. The maximum Gasteiger partial charge on any atom is 0.264 e. The summed E-state index contributed by atoms with van der Waals surface area (Å²) in [5, 5.41) is 2.81. The predicted octanol–water partition coefficient (Wildman–Crippen LogP) is 4.52. The minimum absolute atomic E-state index is 0.0623. The molecule has 1 N–H and O–H groups in total. The molecule has 1 fully saturated rings. The molecule has 1 saturated heterocycles. The molecule has 8 heteroatoms. The van der Waals surface area contributed by atoms with E-state index in [2.05, 4.69) is 5.32 Å². The van der Waals surface area contributed by atoms with Crippen LogP contribution in [0.3, 0.4) is 0 Å². The lowest BCUT2D eigenvalue weighted by molar-refractivity contribution is -0.117. The number of hydrogen-bond acceptors (Lipinski definition) is 4. The summed E-state index contributed by atoms with van der Waals surface area (Å²) < 4.78 is 28.1. The van der Waals surface area contributed by atoms with Crippen LogP contribution in [-0.2, 0) is 26.0 Å². The largest absolute Gasteiger partial charge is 0.324 e.